The molecular formula is C12H24N2. The fourth-order valence-corrected chi connectivity index (χ4v) is 2.85. The molecule has 2 nitrogen and oxygen atoms in total. The van der Waals surface area contributed by atoms with Gasteiger partial charge < -0.3 is 4.90 Å². The summed E-state index contributed by atoms with van der Waals surface area (Å²) in [7, 11) is 2.25. The number of likely N-dealkylation sites (N-methyl/N-ethyl adjacent to an activating group) is 1. The van der Waals surface area contributed by atoms with Gasteiger partial charge in [-0.25, -0.2) is 0 Å². The number of hydrogen-bond acceptors (Lipinski definition) is 2. The van der Waals surface area contributed by atoms with Crippen molar-refractivity contribution in [3.05, 3.63) is 0 Å². The van der Waals surface area contributed by atoms with Crippen LogP contribution in [0.25, 0.3) is 0 Å². The van der Waals surface area contributed by atoms with Gasteiger partial charge in [0.1, 0.15) is 0 Å². The minimum absolute atomic E-state index is 0.873. The summed E-state index contributed by atoms with van der Waals surface area (Å²) in [5.41, 5.74) is 0. The summed E-state index contributed by atoms with van der Waals surface area (Å²) in [4.78, 5) is 5.23. The Labute approximate surface area is 88.3 Å². The molecule has 0 bridgehead atoms. The van der Waals surface area contributed by atoms with Crippen LogP contribution in [0.3, 0.4) is 0 Å². The standard InChI is InChI=1S/C12H24N2/c1-13-10-7-12(11-13)14-8-5-3-2-4-6-9-14/h12H,2-11H2,1H3. The first-order valence-electron chi connectivity index (χ1n) is 6.29. The first-order valence-corrected chi connectivity index (χ1v) is 6.29. The molecule has 0 amide bonds. The summed E-state index contributed by atoms with van der Waals surface area (Å²) in [6.45, 7) is 5.33. The van der Waals surface area contributed by atoms with Crippen LogP contribution in [0.1, 0.15) is 38.5 Å². The zero-order chi connectivity index (χ0) is 9.80. The molecule has 0 saturated carbocycles. The second kappa shape index (κ2) is 5.13. The number of likely N-dealkylation sites (tertiary alicyclic amines) is 2. The van der Waals surface area contributed by atoms with Crippen molar-refractivity contribution >= 4 is 0 Å². The summed E-state index contributed by atoms with van der Waals surface area (Å²) in [6.07, 6.45) is 8.65. The summed E-state index contributed by atoms with van der Waals surface area (Å²) in [5.74, 6) is 0. The fraction of sp³-hybridized carbons (Fsp3) is 1.00. The highest BCUT2D eigenvalue weighted by atomic mass is 15.2. The van der Waals surface area contributed by atoms with E-state index in [0.29, 0.717) is 0 Å². The Bertz CT molecular complexity index is 162. The third kappa shape index (κ3) is 2.71. The van der Waals surface area contributed by atoms with Crippen molar-refractivity contribution < 1.29 is 0 Å². The van der Waals surface area contributed by atoms with Crippen LogP contribution in [0, 0.1) is 0 Å². The SMILES string of the molecule is CN1CCC(N2CCCCCCC2)C1. The molecule has 2 aliphatic heterocycles. The Morgan fingerprint density at radius 1 is 0.857 bits per heavy atom. The van der Waals surface area contributed by atoms with Crippen molar-refractivity contribution in [2.45, 2.75) is 44.6 Å². The zero-order valence-corrected chi connectivity index (χ0v) is 9.54. The van der Waals surface area contributed by atoms with Crippen molar-refractivity contribution in [1.29, 1.82) is 0 Å². The van der Waals surface area contributed by atoms with E-state index in [1.807, 2.05) is 0 Å². The second-order valence-corrected chi connectivity index (χ2v) is 5.01. The van der Waals surface area contributed by atoms with Gasteiger partial charge in [0.25, 0.3) is 0 Å². The van der Waals surface area contributed by atoms with Crippen LogP contribution in [0.4, 0.5) is 0 Å². The van der Waals surface area contributed by atoms with Gasteiger partial charge in [-0.2, -0.15) is 0 Å². The van der Waals surface area contributed by atoms with Crippen LogP contribution >= 0.6 is 0 Å². The summed E-state index contributed by atoms with van der Waals surface area (Å²) in [6, 6.07) is 0.873. The van der Waals surface area contributed by atoms with Gasteiger partial charge in [0.15, 0.2) is 0 Å². The van der Waals surface area contributed by atoms with Gasteiger partial charge in [0.2, 0.25) is 0 Å². The first-order chi connectivity index (χ1) is 6.86. The molecule has 1 unspecified atom stereocenters. The zero-order valence-electron chi connectivity index (χ0n) is 9.54. The molecule has 0 spiro atoms. The van der Waals surface area contributed by atoms with Gasteiger partial charge in [0.05, 0.1) is 0 Å². The quantitative estimate of drug-likeness (QED) is 0.632. The topological polar surface area (TPSA) is 6.48 Å². The van der Waals surface area contributed by atoms with E-state index < -0.39 is 0 Å². The van der Waals surface area contributed by atoms with Gasteiger partial charge in [-0.3, -0.25) is 4.90 Å². The molecular weight excluding hydrogens is 172 g/mol. The molecule has 0 radical (unpaired) electrons. The Hall–Kier alpha value is -0.0800. The fourth-order valence-electron chi connectivity index (χ4n) is 2.85. The Morgan fingerprint density at radius 2 is 1.50 bits per heavy atom. The predicted molar refractivity (Wildman–Crippen MR) is 60.6 cm³/mol. The maximum Gasteiger partial charge on any atom is 0.0235 e. The minimum Gasteiger partial charge on any atom is -0.305 e. The average Bonchev–Trinajstić information content (AvgIpc) is 2.51. The lowest BCUT2D eigenvalue weighted by molar-refractivity contribution is 0.181. The van der Waals surface area contributed by atoms with Crippen molar-refractivity contribution in [3.63, 3.8) is 0 Å². The maximum atomic E-state index is 2.75. The summed E-state index contributed by atoms with van der Waals surface area (Å²) >= 11 is 0. The van der Waals surface area contributed by atoms with Crippen molar-refractivity contribution in [3.8, 4) is 0 Å². The van der Waals surface area contributed by atoms with E-state index in [9.17, 15) is 0 Å². The van der Waals surface area contributed by atoms with E-state index in [1.165, 1.54) is 64.7 Å². The predicted octanol–water partition coefficient (Wildman–Crippen LogP) is 1.96. The van der Waals surface area contributed by atoms with Crippen LogP contribution in [0.2, 0.25) is 0 Å². The van der Waals surface area contributed by atoms with E-state index in [1.54, 1.807) is 0 Å². The molecule has 0 aromatic carbocycles. The highest BCUT2D eigenvalue weighted by molar-refractivity contribution is 4.82. The highest BCUT2D eigenvalue weighted by Gasteiger charge is 2.25. The molecule has 0 N–H and O–H groups in total. The third-order valence-electron chi connectivity index (χ3n) is 3.77. The van der Waals surface area contributed by atoms with Gasteiger partial charge in [-0.15, -0.1) is 0 Å². The molecule has 2 heterocycles. The van der Waals surface area contributed by atoms with Crippen molar-refractivity contribution in [2.24, 2.45) is 0 Å². The van der Waals surface area contributed by atoms with Crippen LogP contribution in [0.15, 0.2) is 0 Å². The summed E-state index contributed by atoms with van der Waals surface area (Å²) < 4.78 is 0. The lowest BCUT2D eigenvalue weighted by atomic mass is 10.1. The number of rotatable bonds is 1. The van der Waals surface area contributed by atoms with Crippen LogP contribution in [-0.4, -0.2) is 49.1 Å². The Balaban J connectivity index is 1.81. The Kier molecular flexibility index (Phi) is 3.82. The van der Waals surface area contributed by atoms with Crippen LogP contribution in [0.5, 0.6) is 0 Å². The van der Waals surface area contributed by atoms with Crippen molar-refractivity contribution in [1.82, 2.24) is 9.80 Å². The molecule has 2 heteroatoms. The van der Waals surface area contributed by atoms with E-state index >= 15 is 0 Å². The molecule has 0 aromatic heterocycles. The first kappa shape index (κ1) is 10.4. The third-order valence-corrected chi connectivity index (χ3v) is 3.77. The van der Waals surface area contributed by atoms with Gasteiger partial charge in [-0.05, 0) is 45.9 Å². The van der Waals surface area contributed by atoms with Crippen molar-refractivity contribution in [2.75, 3.05) is 33.2 Å². The van der Waals surface area contributed by atoms with E-state index in [-0.39, 0.29) is 0 Å². The average molecular weight is 196 g/mol. The smallest absolute Gasteiger partial charge is 0.0235 e. The van der Waals surface area contributed by atoms with Crippen LogP contribution in [-0.2, 0) is 0 Å². The van der Waals surface area contributed by atoms with E-state index in [2.05, 4.69) is 16.8 Å². The molecule has 82 valence electrons. The Morgan fingerprint density at radius 3 is 2.07 bits per heavy atom. The molecule has 2 rings (SSSR count). The molecule has 1 atom stereocenters. The van der Waals surface area contributed by atoms with Gasteiger partial charge in [-0.1, -0.05) is 19.3 Å². The largest absolute Gasteiger partial charge is 0.305 e. The van der Waals surface area contributed by atoms with Gasteiger partial charge in [0, 0.05) is 12.6 Å². The number of nitrogens with zero attached hydrogens (tertiary/aromatic N) is 2. The highest BCUT2D eigenvalue weighted by Crippen LogP contribution is 2.18. The second-order valence-electron chi connectivity index (χ2n) is 5.01. The maximum absolute atomic E-state index is 2.75. The molecule has 2 fully saturated rings. The lowest BCUT2D eigenvalue weighted by Crippen LogP contribution is -2.39. The molecule has 0 aromatic rings. The van der Waals surface area contributed by atoms with Crippen LogP contribution < -0.4 is 0 Å². The molecule has 2 aliphatic rings. The summed E-state index contributed by atoms with van der Waals surface area (Å²) in [5, 5.41) is 0. The lowest BCUT2D eigenvalue weighted by Gasteiger charge is -2.30. The molecule has 2 saturated heterocycles. The van der Waals surface area contributed by atoms with E-state index in [4.69, 9.17) is 0 Å². The molecule has 0 aliphatic carbocycles. The molecule has 14 heavy (non-hydrogen) atoms. The normalized spacial score (nSPS) is 32.8. The monoisotopic (exact) mass is 196 g/mol. The number of hydrogen-bond donors (Lipinski definition) is 0. The minimum atomic E-state index is 0.873. The van der Waals surface area contributed by atoms with E-state index in [0.717, 1.165) is 6.04 Å². The van der Waals surface area contributed by atoms with Gasteiger partial charge >= 0.3 is 0 Å².